The highest BCUT2D eigenvalue weighted by Gasteiger charge is 2.33. The molecule has 1 aliphatic carbocycles. The third-order valence-electron chi connectivity index (χ3n) is 5.68. The van der Waals surface area contributed by atoms with Gasteiger partial charge in [0.05, 0.1) is 5.69 Å². The Kier molecular flexibility index (Phi) is 6.45. The highest BCUT2D eigenvalue weighted by molar-refractivity contribution is 5.97. The number of ketones is 2. The lowest BCUT2D eigenvalue weighted by Gasteiger charge is -2.19. The Bertz CT molecular complexity index is 1260. The SMILES string of the molecule is O=C1CCc2cc(C(=O)C[C@@H](c3ccc(OC(F)(F)F)c(F)c3)c3ncccc3F)ccc2C1. The number of benzene rings is 2. The van der Waals surface area contributed by atoms with E-state index < -0.39 is 29.7 Å². The lowest BCUT2D eigenvalue weighted by Crippen LogP contribution is -2.18. The monoisotopic (exact) mass is 475 g/mol. The van der Waals surface area contributed by atoms with Crippen LogP contribution in [0.3, 0.4) is 0 Å². The number of hydrogen-bond acceptors (Lipinski definition) is 4. The molecule has 0 bridgehead atoms. The number of halogens is 5. The molecule has 0 spiro atoms. The van der Waals surface area contributed by atoms with Crippen LogP contribution < -0.4 is 4.74 Å². The predicted octanol–water partition coefficient (Wildman–Crippen LogP) is 5.72. The van der Waals surface area contributed by atoms with E-state index in [4.69, 9.17) is 0 Å². The minimum Gasteiger partial charge on any atom is -0.403 e. The minimum atomic E-state index is -5.08. The molecule has 1 aliphatic rings. The topological polar surface area (TPSA) is 56.3 Å². The van der Waals surface area contributed by atoms with Crippen LogP contribution in [0.25, 0.3) is 0 Å². The zero-order valence-electron chi connectivity index (χ0n) is 17.7. The van der Waals surface area contributed by atoms with E-state index in [1.54, 1.807) is 18.2 Å². The van der Waals surface area contributed by atoms with Crippen molar-refractivity contribution in [3.8, 4) is 5.75 Å². The van der Waals surface area contributed by atoms with E-state index in [-0.39, 0.29) is 29.2 Å². The van der Waals surface area contributed by atoms with Crippen LogP contribution in [0.1, 0.15) is 51.5 Å². The number of fused-ring (bicyclic) bond motifs is 1. The fourth-order valence-electron chi connectivity index (χ4n) is 4.05. The van der Waals surface area contributed by atoms with Crippen LogP contribution in [-0.2, 0) is 17.6 Å². The van der Waals surface area contributed by atoms with Gasteiger partial charge in [-0.05, 0) is 53.4 Å². The quantitative estimate of drug-likeness (QED) is 0.338. The van der Waals surface area contributed by atoms with Crippen molar-refractivity contribution in [1.82, 2.24) is 4.98 Å². The number of nitrogens with zero attached hydrogens (tertiary/aromatic N) is 1. The molecule has 176 valence electrons. The Morgan fingerprint density at radius 2 is 1.79 bits per heavy atom. The molecule has 1 heterocycles. The molecule has 0 amide bonds. The largest absolute Gasteiger partial charge is 0.573 e. The maximum atomic E-state index is 14.6. The summed E-state index contributed by atoms with van der Waals surface area (Å²) in [6, 6.07) is 10.2. The van der Waals surface area contributed by atoms with Crippen LogP contribution in [0, 0.1) is 11.6 Å². The Balaban J connectivity index is 1.67. The van der Waals surface area contributed by atoms with Gasteiger partial charge in [-0.1, -0.05) is 18.2 Å². The first kappa shape index (κ1) is 23.5. The summed E-state index contributed by atoms with van der Waals surface area (Å²) in [5.74, 6) is -4.39. The lowest BCUT2D eigenvalue weighted by atomic mass is 9.85. The molecule has 34 heavy (non-hydrogen) atoms. The lowest BCUT2D eigenvalue weighted by molar-refractivity contribution is -0.275. The molecule has 0 N–H and O–H groups in total. The van der Waals surface area contributed by atoms with Crippen LogP contribution in [0.4, 0.5) is 22.0 Å². The summed E-state index contributed by atoms with van der Waals surface area (Å²) in [7, 11) is 0. The molecule has 4 rings (SSSR count). The van der Waals surface area contributed by atoms with Gasteiger partial charge in [-0.3, -0.25) is 14.6 Å². The zero-order valence-corrected chi connectivity index (χ0v) is 17.7. The van der Waals surface area contributed by atoms with Gasteiger partial charge in [0, 0.05) is 36.9 Å². The maximum absolute atomic E-state index is 14.6. The molecule has 0 unspecified atom stereocenters. The molecule has 1 aromatic heterocycles. The van der Waals surface area contributed by atoms with E-state index in [2.05, 4.69) is 9.72 Å². The van der Waals surface area contributed by atoms with Crippen molar-refractivity contribution in [3.05, 3.63) is 94.3 Å². The molecule has 2 aromatic carbocycles. The summed E-state index contributed by atoms with van der Waals surface area (Å²) < 4.78 is 70.1. The van der Waals surface area contributed by atoms with Crippen LogP contribution in [0.2, 0.25) is 0 Å². The van der Waals surface area contributed by atoms with Crippen molar-refractivity contribution in [2.45, 2.75) is 38.0 Å². The zero-order chi connectivity index (χ0) is 24.5. The Morgan fingerprint density at radius 3 is 2.50 bits per heavy atom. The van der Waals surface area contributed by atoms with Crippen molar-refractivity contribution in [3.63, 3.8) is 0 Å². The van der Waals surface area contributed by atoms with Gasteiger partial charge in [0.25, 0.3) is 0 Å². The molecule has 3 aromatic rings. The number of carbonyl (C=O) groups excluding carboxylic acids is 2. The first-order chi connectivity index (χ1) is 16.1. The fraction of sp³-hybridized carbons (Fsp3) is 0.240. The number of Topliss-reactive ketones (excluding diaryl/α,β-unsaturated/α-hetero) is 2. The molecule has 0 aliphatic heterocycles. The summed E-state index contributed by atoms with van der Waals surface area (Å²) in [6.45, 7) is 0. The molecule has 9 heteroatoms. The van der Waals surface area contributed by atoms with E-state index in [0.29, 0.717) is 24.8 Å². The van der Waals surface area contributed by atoms with Gasteiger partial charge in [0.15, 0.2) is 17.3 Å². The number of pyridine rings is 1. The minimum absolute atomic E-state index is 0.0709. The summed E-state index contributed by atoms with van der Waals surface area (Å²) in [5.41, 5.74) is 2.00. The number of alkyl halides is 3. The second kappa shape index (κ2) is 9.32. The van der Waals surface area contributed by atoms with Gasteiger partial charge in [0.1, 0.15) is 11.6 Å². The smallest absolute Gasteiger partial charge is 0.403 e. The highest BCUT2D eigenvalue weighted by atomic mass is 19.4. The Labute approximate surface area is 191 Å². The molecule has 4 nitrogen and oxygen atoms in total. The highest BCUT2D eigenvalue weighted by Crippen LogP contribution is 2.34. The van der Waals surface area contributed by atoms with E-state index in [1.165, 1.54) is 12.3 Å². The van der Waals surface area contributed by atoms with Gasteiger partial charge in [-0.25, -0.2) is 8.78 Å². The normalized spacial score (nSPS) is 14.4. The second-order valence-electron chi connectivity index (χ2n) is 7.99. The molecular formula is C25H18F5NO3. The molecule has 0 saturated heterocycles. The van der Waals surface area contributed by atoms with Gasteiger partial charge in [-0.15, -0.1) is 13.2 Å². The average molecular weight is 475 g/mol. The summed E-state index contributed by atoms with van der Waals surface area (Å²) in [6.07, 6.45) is -2.87. The van der Waals surface area contributed by atoms with Gasteiger partial charge in [-0.2, -0.15) is 0 Å². The molecule has 0 saturated carbocycles. The van der Waals surface area contributed by atoms with Crippen molar-refractivity contribution in [2.24, 2.45) is 0 Å². The summed E-state index contributed by atoms with van der Waals surface area (Å²) >= 11 is 0. The van der Waals surface area contributed by atoms with Crippen molar-refractivity contribution >= 4 is 11.6 Å². The van der Waals surface area contributed by atoms with Gasteiger partial charge < -0.3 is 4.74 Å². The summed E-state index contributed by atoms with van der Waals surface area (Å²) in [5, 5.41) is 0. The van der Waals surface area contributed by atoms with E-state index in [9.17, 15) is 31.5 Å². The average Bonchev–Trinajstić information content (AvgIpc) is 2.78. The Hall–Kier alpha value is -3.62. The van der Waals surface area contributed by atoms with Crippen molar-refractivity contribution in [1.29, 1.82) is 0 Å². The third kappa shape index (κ3) is 5.30. The Morgan fingerprint density at radius 1 is 1.00 bits per heavy atom. The number of carbonyl (C=O) groups is 2. The molecule has 0 radical (unpaired) electrons. The van der Waals surface area contributed by atoms with E-state index in [0.717, 1.165) is 35.4 Å². The van der Waals surface area contributed by atoms with Gasteiger partial charge >= 0.3 is 6.36 Å². The maximum Gasteiger partial charge on any atom is 0.573 e. The third-order valence-corrected chi connectivity index (χ3v) is 5.68. The standard InChI is InChI=1S/C25H18F5NO3/c26-20-2-1-9-31-24(20)19(16-6-8-23(21(27)12-16)34-25(28,29)30)13-22(33)17-4-3-15-11-18(32)7-5-14(15)10-17/h1-4,6,8-10,12,19H,5,7,11,13H2/t19-/m0/s1. The summed E-state index contributed by atoms with van der Waals surface area (Å²) in [4.78, 5) is 28.8. The van der Waals surface area contributed by atoms with Crippen molar-refractivity contribution < 1.29 is 36.3 Å². The van der Waals surface area contributed by atoms with Crippen molar-refractivity contribution in [2.75, 3.05) is 0 Å². The molecule has 0 fully saturated rings. The molecular weight excluding hydrogens is 457 g/mol. The number of ether oxygens (including phenoxy) is 1. The second-order valence-corrected chi connectivity index (χ2v) is 7.99. The first-order valence-corrected chi connectivity index (χ1v) is 10.4. The van der Waals surface area contributed by atoms with Crippen LogP contribution in [0.5, 0.6) is 5.75 Å². The van der Waals surface area contributed by atoms with Crippen LogP contribution in [0.15, 0.2) is 54.7 Å². The number of hydrogen-bond donors (Lipinski definition) is 0. The molecule has 1 atom stereocenters. The fourth-order valence-corrected chi connectivity index (χ4v) is 4.05. The number of aryl methyl sites for hydroxylation is 1. The number of rotatable bonds is 6. The van der Waals surface area contributed by atoms with E-state index >= 15 is 0 Å². The first-order valence-electron chi connectivity index (χ1n) is 10.4. The van der Waals surface area contributed by atoms with Crippen LogP contribution >= 0.6 is 0 Å². The predicted molar refractivity (Wildman–Crippen MR) is 112 cm³/mol. The van der Waals surface area contributed by atoms with E-state index in [1.807, 2.05) is 0 Å². The number of aromatic nitrogens is 1. The van der Waals surface area contributed by atoms with Gasteiger partial charge in [0.2, 0.25) is 0 Å². The van der Waals surface area contributed by atoms with Crippen LogP contribution in [-0.4, -0.2) is 22.9 Å².